The standard InChI is InChI=1S/C16H21F2N3O2/c1-2-7-19-9-5-16(14(19)23)6-10-20(11-16)13(22)12-4-3-8-21(12)15(17)18/h3-4,8,15H,2,5-7,9-11H2,1H3. The van der Waals surface area contributed by atoms with Gasteiger partial charge in [0.2, 0.25) is 5.91 Å². The van der Waals surface area contributed by atoms with Crippen LogP contribution < -0.4 is 0 Å². The van der Waals surface area contributed by atoms with Crippen molar-refractivity contribution >= 4 is 11.8 Å². The Bertz CT molecular complexity index is 616. The van der Waals surface area contributed by atoms with E-state index in [2.05, 4.69) is 0 Å². The number of carbonyl (C=O) groups is 2. The molecule has 2 aliphatic rings. The summed E-state index contributed by atoms with van der Waals surface area (Å²) >= 11 is 0. The summed E-state index contributed by atoms with van der Waals surface area (Å²) in [5.74, 6) is -0.312. The van der Waals surface area contributed by atoms with Crippen molar-refractivity contribution < 1.29 is 18.4 Å². The van der Waals surface area contributed by atoms with Crippen molar-refractivity contribution in [3.05, 3.63) is 24.0 Å². The normalized spacial score (nSPS) is 24.4. The van der Waals surface area contributed by atoms with Crippen molar-refractivity contribution in [3.8, 4) is 0 Å². The minimum Gasteiger partial charge on any atom is -0.342 e. The summed E-state index contributed by atoms with van der Waals surface area (Å²) in [7, 11) is 0. The Kier molecular flexibility index (Phi) is 4.12. The third kappa shape index (κ3) is 2.62. The van der Waals surface area contributed by atoms with E-state index in [9.17, 15) is 18.4 Å². The van der Waals surface area contributed by atoms with Gasteiger partial charge in [0.1, 0.15) is 5.69 Å². The first-order valence-electron chi connectivity index (χ1n) is 8.02. The van der Waals surface area contributed by atoms with Gasteiger partial charge in [0, 0.05) is 32.4 Å². The van der Waals surface area contributed by atoms with Crippen LogP contribution in [0.25, 0.3) is 0 Å². The molecular weight excluding hydrogens is 304 g/mol. The number of carbonyl (C=O) groups excluding carboxylic acids is 2. The molecule has 0 aliphatic carbocycles. The van der Waals surface area contributed by atoms with Crippen LogP contribution in [0.1, 0.15) is 43.2 Å². The summed E-state index contributed by atoms with van der Waals surface area (Å²) in [6.45, 7) is 1.53. The molecule has 1 aromatic rings. The van der Waals surface area contributed by atoms with E-state index < -0.39 is 17.9 Å². The summed E-state index contributed by atoms with van der Waals surface area (Å²) in [5, 5.41) is 0. The summed E-state index contributed by atoms with van der Waals surface area (Å²) in [4.78, 5) is 28.5. The number of amides is 2. The third-order valence-electron chi connectivity index (χ3n) is 4.94. The second-order valence-electron chi connectivity index (χ2n) is 6.38. The highest BCUT2D eigenvalue weighted by molar-refractivity contribution is 5.94. The van der Waals surface area contributed by atoms with Crippen LogP contribution in [0.5, 0.6) is 0 Å². The van der Waals surface area contributed by atoms with Crippen molar-refractivity contribution in [2.75, 3.05) is 26.2 Å². The number of alkyl halides is 2. The lowest BCUT2D eigenvalue weighted by Crippen LogP contribution is -2.39. The zero-order valence-corrected chi connectivity index (χ0v) is 13.2. The molecule has 0 aromatic carbocycles. The highest BCUT2D eigenvalue weighted by Gasteiger charge is 2.51. The summed E-state index contributed by atoms with van der Waals surface area (Å²) in [5.41, 5.74) is -0.527. The summed E-state index contributed by atoms with van der Waals surface area (Å²) < 4.78 is 26.5. The molecule has 0 saturated carbocycles. The Labute approximate surface area is 133 Å². The van der Waals surface area contributed by atoms with E-state index in [-0.39, 0.29) is 11.6 Å². The van der Waals surface area contributed by atoms with Crippen LogP contribution in [0, 0.1) is 5.41 Å². The number of hydrogen-bond donors (Lipinski definition) is 0. The highest BCUT2D eigenvalue weighted by Crippen LogP contribution is 2.41. The molecular formula is C16H21F2N3O2. The Morgan fingerprint density at radius 1 is 1.35 bits per heavy atom. The van der Waals surface area contributed by atoms with Crippen LogP contribution in [0.4, 0.5) is 8.78 Å². The van der Waals surface area contributed by atoms with Crippen LogP contribution in [0.3, 0.4) is 0 Å². The molecule has 1 spiro atoms. The first kappa shape index (κ1) is 16.0. The van der Waals surface area contributed by atoms with Crippen molar-refractivity contribution in [2.45, 2.75) is 32.7 Å². The van der Waals surface area contributed by atoms with E-state index in [1.807, 2.05) is 11.8 Å². The van der Waals surface area contributed by atoms with E-state index in [0.29, 0.717) is 24.1 Å². The largest absolute Gasteiger partial charge is 0.342 e. The number of halogens is 2. The molecule has 5 nitrogen and oxygen atoms in total. The maximum atomic E-state index is 12.9. The van der Waals surface area contributed by atoms with Gasteiger partial charge in [-0.15, -0.1) is 0 Å². The summed E-state index contributed by atoms with van der Waals surface area (Å²) in [6.07, 6.45) is 3.47. The molecule has 1 aromatic heterocycles. The molecule has 1 unspecified atom stereocenters. The SMILES string of the molecule is CCCN1CCC2(CCN(C(=O)c3cccn3C(F)F)C2)C1=O. The van der Waals surface area contributed by atoms with Gasteiger partial charge < -0.3 is 9.80 Å². The van der Waals surface area contributed by atoms with Crippen LogP contribution >= 0.6 is 0 Å². The van der Waals surface area contributed by atoms with Gasteiger partial charge >= 0.3 is 6.55 Å². The van der Waals surface area contributed by atoms with Gasteiger partial charge in [0.05, 0.1) is 5.41 Å². The number of nitrogens with zero attached hydrogens (tertiary/aromatic N) is 3. The van der Waals surface area contributed by atoms with Gasteiger partial charge in [-0.2, -0.15) is 8.78 Å². The molecule has 2 fully saturated rings. The molecule has 23 heavy (non-hydrogen) atoms. The Hall–Kier alpha value is -1.92. The van der Waals surface area contributed by atoms with Gasteiger partial charge in [-0.25, -0.2) is 0 Å². The van der Waals surface area contributed by atoms with Crippen LogP contribution in [-0.2, 0) is 4.79 Å². The third-order valence-corrected chi connectivity index (χ3v) is 4.94. The lowest BCUT2D eigenvalue weighted by molar-refractivity contribution is -0.135. The van der Waals surface area contributed by atoms with Gasteiger partial charge in [-0.05, 0) is 31.4 Å². The summed E-state index contributed by atoms with van der Waals surface area (Å²) in [6, 6.07) is 2.84. The fourth-order valence-electron chi connectivity index (χ4n) is 3.71. The minimum absolute atomic E-state index is 0.0205. The molecule has 3 heterocycles. The van der Waals surface area contributed by atoms with Gasteiger partial charge in [0.15, 0.2) is 0 Å². The van der Waals surface area contributed by atoms with Crippen molar-refractivity contribution in [1.82, 2.24) is 14.4 Å². The van der Waals surface area contributed by atoms with E-state index >= 15 is 0 Å². The molecule has 7 heteroatoms. The smallest absolute Gasteiger partial charge is 0.319 e. The molecule has 2 saturated heterocycles. The number of hydrogen-bond acceptors (Lipinski definition) is 2. The van der Waals surface area contributed by atoms with Crippen molar-refractivity contribution in [3.63, 3.8) is 0 Å². The second-order valence-corrected chi connectivity index (χ2v) is 6.38. The molecule has 3 rings (SSSR count). The topological polar surface area (TPSA) is 45.5 Å². The van der Waals surface area contributed by atoms with E-state index in [0.717, 1.165) is 25.9 Å². The number of likely N-dealkylation sites (tertiary alicyclic amines) is 2. The predicted octanol–water partition coefficient (Wildman–Crippen LogP) is 2.36. The molecule has 1 atom stereocenters. The molecule has 2 amide bonds. The van der Waals surface area contributed by atoms with Gasteiger partial charge in [-0.1, -0.05) is 6.92 Å². The molecule has 126 valence electrons. The highest BCUT2D eigenvalue weighted by atomic mass is 19.3. The zero-order chi connectivity index (χ0) is 16.6. The average Bonchev–Trinajstić information content (AvgIpc) is 3.23. The van der Waals surface area contributed by atoms with E-state index in [4.69, 9.17) is 0 Å². The van der Waals surface area contributed by atoms with E-state index in [1.165, 1.54) is 18.3 Å². The Balaban J connectivity index is 1.74. The van der Waals surface area contributed by atoms with Crippen LogP contribution in [0.15, 0.2) is 18.3 Å². The lowest BCUT2D eigenvalue weighted by Gasteiger charge is -2.23. The average molecular weight is 325 g/mol. The van der Waals surface area contributed by atoms with Crippen molar-refractivity contribution in [2.24, 2.45) is 5.41 Å². The van der Waals surface area contributed by atoms with Gasteiger partial charge in [0.25, 0.3) is 5.91 Å². The Morgan fingerprint density at radius 2 is 2.09 bits per heavy atom. The molecule has 0 radical (unpaired) electrons. The lowest BCUT2D eigenvalue weighted by atomic mass is 9.85. The molecule has 0 N–H and O–H groups in total. The fraction of sp³-hybridized carbons (Fsp3) is 0.625. The quantitative estimate of drug-likeness (QED) is 0.853. The number of aromatic nitrogens is 1. The van der Waals surface area contributed by atoms with Crippen molar-refractivity contribution in [1.29, 1.82) is 0 Å². The zero-order valence-electron chi connectivity index (χ0n) is 13.2. The Morgan fingerprint density at radius 3 is 2.78 bits per heavy atom. The minimum atomic E-state index is -2.74. The maximum absolute atomic E-state index is 12.9. The fourth-order valence-corrected chi connectivity index (χ4v) is 3.71. The first-order chi connectivity index (χ1) is 11.0. The van der Waals surface area contributed by atoms with Crippen LogP contribution in [0.2, 0.25) is 0 Å². The van der Waals surface area contributed by atoms with E-state index in [1.54, 1.807) is 4.90 Å². The monoisotopic (exact) mass is 325 g/mol. The predicted molar refractivity (Wildman–Crippen MR) is 80.1 cm³/mol. The maximum Gasteiger partial charge on any atom is 0.319 e. The van der Waals surface area contributed by atoms with Gasteiger partial charge in [-0.3, -0.25) is 14.2 Å². The number of rotatable bonds is 4. The molecule has 0 bridgehead atoms. The van der Waals surface area contributed by atoms with Crippen LogP contribution in [-0.4, -0.2) is 52.4 Å². The first-order valence-corrected chi connectivity index (χ1v) is 8.02. The second kappa shape index (κ2) is 5.94. The molecule has 2 aliphatic heterocycles.